The van der Waals surface area contributed by atoms with Crippen molar-refractivity contribution in [3.8, 4) is 0 Å². The summed E-state index contributed by atoms with van der Waals surface area (Å²) in [6.07, 6.45) is 2.35. The zero-order chi connectivity index (χ0) is 18.7. The monoisotopic (exact) mass is 353 g/mol. The van der Waals surface area contributed by atoms with Gasteiger partial charge in [-0.05, 0) is 43.5 Å². The van der Waals surface area contributed by atoms with Gasteiger partial charge in [0.25, 0.3) is 5.78 Å². The van der Waals surface area contributed by atoms with E-state index in [9.17, 15) is 9.59 Å². The van der Waals surface area contributed by atoms with Crippen molar-refractivity contribution in [2.24, 2.45) is 0 Å². The molecule has 0 spiro atoms. The van der Waals surface area contributed by atoms with Crippen molar-refractivity contribution in [2.45, 2.75) is 33.2 Å². The largest absolute Gasteiger partial charge is 0.478 e. The summed E-state index contributed by atoms with van der Waals surface area (Å²) in [6.45, 7) is 4.20. The fourth-order valence-corrected chi connectivity index (χ4v) is 2.81. The van der Waals surface area contributed by atoms with Crippen LogP contribution in [0.3, 0.4) is 0 Å². The highest BCUT2D eigenvalue weighted by atomic mass is 16.4. The quantitative estimate of drug-likeness (QED) is 0.698. The summed E-state index contributed by atoms with van der Waals surface area (Å²) in [6, 6.07) is 6.44. The van der Waals surface area contributed by atoms with Crippen LogP contribution in [0.4, 0.5) is 0 Å². The lowest BCUT2D eigenvalue weighted by Gasteiger charge is -2.10. The van der Waals surface area contributed by atoms with Gasteiger partial charge in [-0.15, -0.1) is 0 Å². The van der Waals surface area contributed by atoms with Crippen LogP contribution in [-0.2, 0) is 17.8 Å². The molecule has 2 heterocycles. The first-order chi connectivity index (χ1) is 12.5. The molecule has 0 saturated heterocycles. The molecule has 134 valence electrons. The molecule has 26 heavy (non-hydrogen) atoms. The van der Waals surface area contributed by atoms with Crippen LogP contribution in [0, 0.1) is 13.8 Å². The molecule has 0 unspecified atom stereocenters. The van der Waals surface area contributed by atoms with Gasteiger partial charge >= 0.3 is 5.97 Å². The Morgan fingerprint density at radius 3 is 2.62 bits per heavy atom. The second kappa shape index (κ2) is 7.30. The van der Waals surface area contributed by atoms with Gasteiger partial charge in [0, 0.05) is 24.4 Å². The van der Waals surface area contributed by atoms with Gasteiger partial charge in [-0.1, -0.05) is 12.1 Å². The highest BCUT2D eigenvalue weighted by Crippen LogP contribution is 2.15. The molecule has 3 aromatic rings. The van der Waals surface area contributed by atoms with Crippen LogP contribution < -0.4 is 5.32 Å². The van der Waals surface area contributed by atoms with E-state index in [0.29, 0.717) is 25.2 Å². The van der Waals surface area contributed by atoms with E-state index < -0.39 is 5.97 Å². The number of carboxylic acid groups (broad SMARTS) is 1. The second-order valence-corrected chi connectivity index (χ2v) is 6.01. The number of carboxylic acids is 1. The average molecular weight is 353 g/mol. The lowest BCUT2D eigenvalue weighted by atomic mass is 10.1. The number of hydrogen-bond donors (Lipinski definition) is 2. The van der Waals surface area contributed by atoms with Gasteiger partial charge in [-0.2, -0.15) is 10.1 Å². The Balaban J connectivity index is 1.58. The number of carbonyl (C=O) groups is 2. The first-order valence-corrected chi connectivity index (χ1v) is 8.20. The van der Waals surface area contributed by atoms with Crippen molar-refractivity contribution in [1.29, 1.82) is 0 Å². The maximum atomic E-state index is 12.1. The molecule has 0 aliphatic rings. The number of benzene rings is 1. The third-order valence-corrected chi connectivity index (χ3v) is 4.28. The molecule has 0 radical (unpaired) electrons. The Morgan fingerprint density at radius 1 is 1.19 bits per heavy atom. The number of fused-ring (bicyclic) bond motifs is 1. The lowest BCUT2D eigenvalue weighted by molar-refractivity contribution is -0.121. The van der Waals surface area contributed by atoms with E-state index in [1.54, 1.807) is 16.6 Å². The number of aromatic nitrogens is 4. The number of carbonyl (C=O) groups excluding carboxylic acids is 1. The number of aromatic carboxylic acids is 1. The van der Waals surface area contributed by atoms with Gasteiger partial charge < -0.3 is 10.4 Å². The van der Waals surface area contributed by atoms with Gasteiger partial charge in [-0.25, -0.2) is 14.3 Å². The van der Waals surface area contributed by atoms with E-state index in [-0.39, 0.29) is 11.5 Å². The van der Waals surface area contributed by atoms with Gasteiger partial charge in [0.05, 0.1) is 5.56 Å². The molecule has 0 atom stereocenters. The number of nitrogens with one attached hydrogen (secondary N) is 1. The van der Waals surface area contributed by atoms with Crippen molar-refractivity contribution in [3.05, 3.63) is 58.7 Å². The molecule has 0 aliphatic carbocycles. The minimum absolute atomic E-state index is 0.0789. The number of nitrogens with zero attached hydrogens (tertiary/aromatic N) is 4. The van der Waals surface area contributed by atoms with Crippen LogP contribution in [0.25, 0.3) is 5.78 Å². The van der Waals surface area contributed by atoms with Crippen molar-refractivity contribution < 1.29 is 14.7 Å². The van der Waals surface area contributed by atoms with Crippen LogP contribution in [0.5, 0.6) is 0 Å². The third kappa shape index (κ3) is 3.69. The fourth-order valence-electron chi connectivity index (χ4n) is 2.81. The van der Waals surface area contributed by atoms with E-state index in [1.165, 1.54) is 18.5 Å². The first-order valence-electron chi connectivity index (χ1n) is 8.20. The molecule has 1 amide bonds. The van der Waals surface area contributed by atoms with Gasteiger partial charge in [0.1, 0.15) is 6.33 Å². The zero-order valence-corrected chi connectivity index (χ0v) is 14.6. The summed E-state index contributed by atoms with van der Waals surface area (Å²) < 4.78 is 1.67. The van der Waals surface area contributed by atoms with Gasteiger partial charge in [0.2, 0.25) is 5.91 Å². The maximum Gasteiger partial charge on any atom is 0.335 e. The molecular weight excluding hydrogens is 334 g/mol. The van der Waals surface area contributed by atoms with E-state index in [1.807, 2.05) is 13.8 Å². The number of aryl methyl sites for hydroxylation is 2. The highest BCUT2D eigenvalue weighted by molar-refractivity contribution is 5.87. The molecule has 0 bridgehead atoms. The van der Waals surface area contributed by atoms with E-state index in [2.05, 4.69) is 20.4 Å². The highest BCUT2D eigenvalue weighted by Gasteiger charge is 2.12. The summed E-state index contributed by atoms with van der Waals surface area (Å²) in [7, 11) is 0. The summed E-state index contributed by atoms with van der Waals surface area (Å²) in [4.78, 5) is 31.5. The molecule has 2 aromatic heterocycles. The molecule has 8 nitrogen and oxygen atoms in total. The Kier molecular flexibility index (Phi) is 4.92. The SMILES string of the molecule is Cc1nc2ncnn2c(C)c1CCC(=O)NCc1ccc(C(=O)O)cc1. The first kappa shape index (κ1) is 17.5. The fraction of sp³-hybridized carbons (Fsp3) is 0.278. The standard InChI is InChI=1S/C18H19N5O3/c1-11-15(12(2)23-18(22-11)20-10-21-23)7-8-16(24)19-9-13-3-5-14(6-4-13)17(25)26/h3-6,10H,7-9H2,1-2H3,(H,19,24)(H,25,26). The lowest BCUT2D eigenvalue weighted by Crippen LogP contribution is -2.23. The van der Waals surface area contributed by atoms with Crippen molar-refractivity contribution in [1.82, 2.24) is 24.9 Å². The Morgan fingerprint density at radius 2 is 1.92 bits per heavy atom. The second-order valence-electron chi connectivity index (χ2n) is 6.01. The Labute approximate surface area is 149 Å². The van der Waals surface area contributed by atoms with Crippen molar-refractivity contribution >= 4 is 17.7 Å². The Bertz CT molecular complexity index is 963. The molecule has 3 rings (SSSR count). The smallest absolute Gasteiger partial charge is 0.335 e. The Hall–Kier alpha value is -3.29. The van der Waals surface area contributed by atoms with Gasteiger partial charge in [-0.3, -0.25) is 4.79 Å². The molecule has 0 fully saturated rings. The number of rotatable bonds is 6. The van der Waals surface area contributed by atoms with Crippen LogP contribution in [0.15, 0.2) is 30.6 Å². The molecule has 2 N–H and O–H groups in total. The molecule has 1 aromatic carbocycles. The van der Waals surface area contributed by atoms with Crippen LogP contribution >= 0.6 is 0 Å². The summed E-state index contributed by atoms with van der Waals surface area (Å²) in [5.74, 6) is -0.493. The van der Waals surface area contributed by atoms with Crippen molar-refractivity contribution in [2.75, 3.05) is 0 Å². The summed E-state index contributed by atoms with van der Waals surface area (Å²) >= 11 is 0. The molecule has 0 saturated carbocycles. The topological polar surface area (TPSA) is 109 Å². The molecule has 0 aliphatic heterocycles. The van der Waals surface area contributed by atoms with Crippen LogP contribution in [0.1, 0.15) is 39.3 Å². The normalized spacial score (nSPS) is 10.8. The minimum atomic E-state index is -0.968. The van der Waals surface area contributed by atoms with E-state index >= 15 is 0 Å². The predicted octanol–water partition coefficient (Wildman–Crippen LogP) is 1.69. The third-order valence-electron chi connectivity index (χ3n) is 4.28. The van der Waals surface area contributed by atoms with Gasteiger partial charge in [0.15, 0.2) is 0 Å². The van der Waals surface area contributed by atoms with E-state index in [4.69, 9.17) is 5.11 Å². The zero-order valence-electron chi connectivity index (χ0n) is 14.6. The number of amides is 1. The average Bonchev–Trinajstić information content (AvgIpc) is 3.08. The minimum Gasteiger partial charge on any atom is -0.478 e. The number of hydrogen-bond acceptors (Lipinski definition) is 5. The molecular formula is C18H19N5O3. The maximum absolute atomic E-state index is 12.1. The van der Waals surface area contributed by atoms with E-state index in [0.717, 1.165) is 22.5 Å². The summed E-state index contributed by atoms with van der Waals surface area (Å²) in [5.41, 5.74) is 3.84. The predicted molar refractivity (Wildman–Crippen MR) is 93.8 cm³/mol. The molecule has 8 heteroatoms. The van der Waals surface area contributed by atoms with Crippen LogP contribution in [0.2, 0.25) is 0 Å². The summed E-state index contributed by atoms with van der Waals surface area (Å²) in [5, 5.41) is 15.9. The van der Waals surface area contributed by atoms with Crippen LogP contribution in [-0.4, -0.2) is 36.6 Å². The van der Waals surface area contributed by atoms with Crippen molar-refractivity contribution in [3.63, 3.8) is 0 Å².